The van der Waals surface area contributed by atoms with Crippen LogP contribution in [-0.4, -0.2) is 0 Å². The molecule has 0 radical (unpaired) electrons. The standard InChI is InChI=1S/C55H45N/c1-54(2)49-25-9-6-20-45(49)48-24-15-22-42(53(48)54)38-28-30-39(31-29-38)56(52-27-11-8-21-47(52)43-23-14-17-37-16-4-5-18-41(37)43)40-32-33-46-44-19-7-10-26-50(44)55(51(46)36-40)34-12-3-13-35-55/h4-11,14-33,36H,3,12-13,34-35H2,1-2H3. The van der Waals surface area contributed by atoms with Crippen LogP contribution < -0.4 is 4.90 Å². The first-order valence-corrected chi connectivity index (χ1v) is 20.5. The fourth-order valence-electron chi connectivity index (χ4n) is 10.9. The molecule has 1 spiro atoms. The predicted molar refractivity (Wildman–Crippen MR) is 236 cm³/mol. The van der Waals surface area contributed by atoms with E-state index in [4.69, 9.17) is 0 Å². The molecular weight excluding hydrogens is 675 g/mol. The topological polar surface area (TPSA) is 3.24 Å². The van der Waals surface area contributed by atoms with E-state index in [0.29, 0.717) is 0 Å². The molecule has 1 fully saturated rings. The van der Waals surface area contributed by atoms with Crippen LogP contribution in [0.1, 0.15) is 68.2 Å². The molecule has 0 N–H and O–H groups in total. The Bertz CT molecular complexity index is 2810. The summed E-state index contributed by atoms with van der Waals surface area (Å²) in [6.45, 7) is 4.76. The molecule has 3 aliphatic carbocycles. The number of hydrogen-bond acceptors (Lipinski definition) is 1. The van der Waals surface area contributed by atoms with Crippen LogP contribution in [-0.2, 0) is 10.8 Å². The molecule has 56 heavy (non-hydrogen) atoms. The molecule has 270 valence electrons. The molecule has 1 saturated carbocycles. The SMILES string of the molecule is CC1(C)c2ccccc2-c2cccc(-c3ccc(N(c4ccc5c(c4)C4(CCCCC4)c4ccccc4-5)c4ccccc4-c4cccc5ccccc45)cc3)c21. The van der Waals surface area contributed by atoms with E-state index >= 15 is 0 Å². The van der Waals surface area contributed by atoms with Crippen LogP contribution >= 0.6 is 0 Å². The van der Waals surface area contributed by atoms with Crippen LogP contribution in [0, 0.1) is 0 Å². The average Bonchev–Trinajstić information content (AvgIpc) is 3.65. The van der Waals surface area contributed by atoms with E-state index in [1.807, 2.05) is 0 Å². The first-order valence-electron chi connectivity index (χ1n) is 20.5. The zero-order valence-electron chi connectivity index (χ0n) is 32.2. The Kier molecular flexibility index (Phi) is 7.52. The van der Waals surface area contributed by atoms with Gasteiger partial charge in [-0.05, 0) is 115 Å². The van der Waals surface area contributed by atoms with E-state index in [2.05, 4.69) is 195 Å². The molecule has 1 heteroatoms. The Morgan fingerprint density at radius 3 is 1.80 bits per heavy atom. The molecule has 0 aliphatic heterocycles. The van der Waals surface area contributed by atoms with Gasteiger partial charge in [0.05, 0.1) is 5.69 Å². The van der Waals surface area contributed by atoms with E-state index < -0.39 is 0 Å². The maximum atomic E-state index is 2.55. The highest BCUT2D eigenvalue weighted by molar-refractivity contribution is 6.02. The van der Waals surface area contributed by atoms with Gasteiger partial charge >= 0.3 is 0 Å². The summed E-state index contributed by atoms with van der Waals surface area (Å²) in [5.74, 6) is 0. The van der Waals surface area contributed by atoms with Crippen molar-refractivity contribution in [2.75, 3.05) is 4.90 Å². The number of rotatable bonds is 5. The molecule has 0 amide bonds. The monoisotopic (exact) mass is 719 g/mol. The largest absolute Gasteiger partial charge is 0.310 e. The molecule has 8 aromatic rings. The van der Waals surface area contributed by atoms with Gasteiger partial charge in [0.2, 0.25) is 0 Å². The minimum atomic E-state index is -0.0817. The molecule has 0 heterocycles. The maximum Gasteiger partial charge on any atom is 0.0540 e. The van der Waals surface area contributed by atoms with Gasteiger partial charge in [0.1, 0.15) is 0 Å². The normalized spacial score (nSPS) is 15.6. The maximum absolute atomic E-state index is 2.55. The zero-order chi connectivity index (χ0) is 37.4. The van der Waals surface area contributed by atoms with Gasteiger partial charge < -0.3 is 4.90 Å². The van der Waals surface area contributed by atoms with Crippen LogP contribution in [0.3, 0.4) is 0 Å². The Balaban J connectivity index is 1.10. The van der Waals surface area contributed by atoms with Gasteiger partial charge in [-0.2, -0.15) is 0 Å². The highest BCUT2D eigenvalue weighted by Gasteiger charge is 2.44. The van der Waals surface area contributed by atoms with Crippen molar-refractivity contribution in [3.05, 3.63) is 198 Å². The number of anilines is 3. The fraction of sp³-hybridized carbons (Fsp3) is 0.164. The van der Waals surface area contributed by atoms with Gasteiger partial charge in [-0.3, -0.25) is 0 Å². The summed E-state index contributed by atoms with van der Waals surface area (Å²) >= 11 is 0. The van der Waals surface area contributed by atoms with Crippen LogP contribution in [0.2, 0.25) is 0 Å². The van der Waals surface area contributed by atoms with Gasteiger partial charge in [-0.15, -0.1) is 0 Å². The Hall–Kier alpha value is -6.18. The van der Waals surface area contributed by atoms with E-state index in [1.165, 1.54) is 121 Å². The van der Waals surface area contributed by atoms with Gasteiger partial charge in [0.25, 0.3) is 0 Å². The van der Waals surface area contributed by atoms with Crippen molar-refractivity contribution in [1.82, 2.24) is 0 Å². The summed E-state index contributed by atoms with van der Waals surface area (Å²) in [4.78, 5) is 2.52. The number of nitrogens with zero attached hydrogens (tertiary/aromatic N) is 1. The summed E-state index contributed by atoms with van der Waals surface area (Å²) in [6, 6.07) is 66.3. The third kappa shape index (κ3) is 4.86. The van der Waals surface area contributed by atoms with E-state index in [-0.39, 0.29) is 10.8 Å². The summed E-state index contributed by atoms with van der Waals surface area (Å²) in [5, 5.41) is 2.52. The van der Waals surface area contributed by atoms with Crippen LogP contribution in [0.4, 0.5) is 17.1 Å². The van der Waals surface area contributed by atoms with Gasteiger partial charge in [-0.1, -0.05) is 179 Å². The number of fused-ring (bicyclic) bond motifs is 9. The molecule has 1 nitrogen and oxygen atoms in total. The Morgan fingerprint density at radius 1 is 0.411 bits per heavy atom. The second-order valence-corrected chi connectivity index (χ2v) is 16.7. The quantitative estimate of drug-likeness (QED) is 0.171. The number of hydrogen-bond donors (Lipinski definition) is 0. The molecular formula is C55H45N. The summed E-state index contributed by atoms with van der Waals surface area (Å²) in [6.07, 6.45) is 6.30. The smallest absolute Gasteiger partial charge is 0.0540 e. The molecule has 0 unspecified atom stereocenters. The molecule has 0 aromatic heterocycles. The van der Waals surface area contributed by atoms with Crippen molar-refractivity contribution in [3.63, 3.8) is 0 Å². The van der Waals surface area contributed by atoms with E-state index in [9.17, 15) is 0 Å². The second kappa shape index (κ2) is 12.7. The molecule has 0 atom stereocenters. The van der Waals surface area contributed by atoms with E-state index in [1.54, 1.807) is 0 Å². The average molecular weight is 720 g/mol. The molecule has 3 aliphatic rings. The van der Waals surface area contributed by atoms with Crippen LogP contribution in [0.25, 0.3) is 55.3 Å². The minimum Gasteiger partial charge on any atom is -0.310 e. The lowest BCUT2D eigenvalue weighted by Gasteiger charge is -2.37. The lowest BCUT2D eigenvalue weighted by atomic mass is 9.68. The number of para-hydroxylation sites is 1. The molecule has 0 saturated heterocycles. The minimum absolute atomic E-state index is 0.0724. The lowest BCUT2D eigenvalue weighted by Crippen LogP contribution is -2.28. The molecule has 11 rings (SSSR count). The highest BCUT2D eigenvalue weighted by Crippen LogP contribution is 2.57. The van der Waals surface area contributed by atoms with Crippen molar-refractivity contribution < 1.29 is 0 Å². The lowest BCUT2D eigenvalue weighted by molar-refractivity contribution is 0.353. The van der Waals surface area contributed by atoms with Crippen LogP contribution in [0.5, 0.6) is 0 Å². The van der Waals surface area contributed by atoms with Gasteiger partial charge in [-0.25, -0.2) is 0 Å². The first kappa shape index (κ1) is 33.2. The summed E-state index contributed by atoms with van der Waals surface area (Å²) < 4.78 is 0. The van der Waals surface area contributed by atoms with Crippen molar-refractivity contribution in [1.29, 1.82) is 0 Å². The van der Waals surface area contributed by atoms with Gasteiger partial charge in [0, 0.05) is 27.8 Å². The second-order valence-electron chi connectivity index (χ2n) is 16.7. The van der Waals surface area contributed by atoms with Crippen molar-refractivity contribution in [2.45, 2.75) is 56.8 Å². The van der Waals surface area contributed by atoms with Crippen molar-refractivity contribution in [3.8, 4) is 44.5 Å². The Labute approximate surface area is 330 Å². The first-order chi connectivity index (χ1) is 27.5. The van der Waals surface area contributed by atoms with Gasteiger partial charge in [0.15, 0.2) is 0 Å². The van der Waals surface area contributed by atoms with Crippen LogP contribution in [0.15, 0.2) is 176 Å². The summed E-state index contributed by atoms with van der Waals surface area (Å²) in [5.41, 5.74) is 20.0. The van der Waals surface area contributed by atoms with Crippen molar-refractivity contribution in [2.24, 2.45) is 0 Å². The fourth-order valence-corrected chi connectivity index (χ4v) is 10.9. The predicted octanol–water partition coefficient (Wildman–Crippen LogP) is 15.2. The highest BCUT2D eigenvalue weighted by atomic mass is 15.1. The summed E-state index contributed by atoms with van der Waals surface area (Å²) in [7, 11) is 0. The third-order valence-electron chi connectivity index (χ3n) is 13.5. The molecule has 0 bridgehead atoms. The number of benzene rings is 8. The Morgan fingerprint density at radius 2 is 0.982 bits per heavy atom. The third-order valence-corrected chi connectivity index (χ3v) is 13.5. The zero-order valence-corrected chi connectivity index (χ0v) is 32.2. The molecule has 8 aromatic carbocycles. The van der Waals surface area contributed by atoms with E-state index in [0.717, 1.165) is 5.69 Å². The van der Waals surface area contributed by atoms with Crippen molar-refractivity contribution >= 4 is 27.8 Å².